The van der Waals surface area contributed by atoms with Gasteiger partial charge in [0, 0.05) is 24.2 Å². The van der Waals surface area contributed by atoms with Crippen LogP contribution in [-0.2, 0) is 13.1 Å². The first-order valence-corrected chi connectivity index (χ1v) is 9.49. The summed E-state index contributed by atoms with van der Waals surface area (Å²) in [7, 11) is 1.77. The van der Waals surface area contributed by atoms with E-state index in [-0.39, 0.29) is 5.91 Å². The first-order valence-electron chi connectivity index (χ1n) is 9.11. The Balaban J connectivity index is 1.39. The fourth-order valence-electron chi connectivity index (χ4n) is 3.28. The van der Waals surface area contributed by atoms with E-state index >= 15 is 0 Å². The molecule has 0 aliphatic heterocycles. The molecule has 2 atom stereocenters. The highest BCUT2D eigenvalue weighted by atomic mass is 35.5. The Morgan fingerprint density at radius 2 is 2.11 bits per heavy atom. The van der Waals surface area contributed by atoms with Gasteiger partial charge in [-0.2, -0.15) is 5.10 Å². The van der Waals surface area contributed by atoms with Gasteiger partial charge in [-0.25, -0.2) is 0 Å². The third-order valence-electron chi connectivity index (χ3n) is 5.07. The first kappa shape index (κ1) is 17.9. The van der Waals surface area contributed by atoms with E-state index in [1.807, 2.05) is 36.4 Å². The smallest absolute Gasteiger partial charge is 0.257 e. The van der Waals surface area contributed by atoms with E-state index in [1.54, 1.807) is 29.0 Å². The maximum Gasteiger partial charge on any atom is 0.257 e. The molecule has 2 aromatic heterocycles. The van der Waals surface area contributed by atoms with Gasteiger partial charge in [-0.15, -0.1) is 0 Å². The van der Waals surface area contributed by atoms with Gasteiger partial charge in [-0.3, -0.25) is 9.48 Å². The van der Waals surface area contributed by atoms with Gasteiger partial charge in [0.25, 0.3) is 5.91 Å². The van der Waals surface area contributed by atoms with Gasteiger partial charge in [-0.1, -0.05) is 36.7 Å². The zero-order chi connectivity index (χ0) is 19.0. The molecule has 6 heteroatoms. The second-order valence-corrected chi connectivity index (χ2v) is 7.71. The summed E-state index contributed by atoms with van der Waals surface area (Å²) >= 11 is 6.20. The van der Waals surface area contributed by atoms with E-state index in [9.17, 15) is 4.79 Å². The summed E-state index contributed by atoms with van der Waals surface area (Å²) in [5, 5.41) is 4.99. The number of benzene rings is 1. The highest BCUT2D eigenvalue weighted by Crippen LogP contribution is 2.47. The van der Waals surface area contributed by atoms with Gasteiger partial charge in [-0.05, 0) is 36.1 Å². The van der Waals surface area contributed by atoms with Crippen molar-refractivity contribution < 1.29 is 9.21 Å². The third kappa shape index (κ3) is 3.93. The lowest BCUT2D eigenvalue weighted by molar-refractivity contribution is 0.0774. The van der Waals surface area contributed by atoms with Crippen molar-refractivity contribution in [3.63, 3.8) is 0 Å². The number of hydrogen-bond donors (Lipinski definition) is 0. The molecule has 1 fully saturated rings. The Morgan fingerprint density at radius 1 is 1.33 bits per heavy atom. The minimum absolute atomic E-state index is 0.0850. The Bertz CT molecular complexity index is 962. The van der Waals surface area contributed by atoms with Crippen molar-refractivity contribution in [2.45, 2.75) is 32.4 Å². The average Bonchev–Trinajstić information content (AvgIpc) is 3.04. The lowest BCUT2D eigenvalue weighted by Gasteiger charge is -2.14. The molecule has 5 nitrogen and oxygen atoms in total. The van der Waals surface area contributed by atoms with Crippen LogP contribution in [0.4, 0.5) is 0 Å². The molecule has 1 aliphatic rings. The van der Waals surface area contributed by atoms with Gasteiger partial charge in [0.05, 0.1) is 24.8 Å². The standard InChI is InChI=1S/C21H22ClN3O2/c1-14-9-18(14)20-8-7-17(27-20)13-24(2)21(26)16-10-23-25(12-16)11-15-5-3-4-6-19(15)22/h3-8,10,12,14,18H,9,11,13H2,1-2H3/t14-,18-/m0/s1. The Hall–Kier alpha value is -2.53. The Labute approximate surface area is 163 Å². The van der Waals surface area contributed by atoms with Crippen molar-refractivity contribution in [3.05, 3.63) is 76.5 Å². The van der Waals surface area contributed by atoms with Crippen molar-refractivity contribution in [3.8, 4) is 0 Å². The summed E-state index contributed by atoms with van der Waals surface area (Å²) in [4.78, 5) is 14.3. The number of halogens is 1. The molecule has 0 bridgehead atoms. The molecule has 0 radical (unpaired) electrons. The SMILES string of the molecule is C[C@H]1C[C@@H]1c1ccc(CN(C)C(=O)c2cnn(Cc3ccccc3Cl)c2)o1. The highest BCUT2D eigenvalue weighted by molar-refractivity contribution is 6.31. The number of nitrogens with zero attached hydrogens (tertiary/aromatic N) is 3. The third-order valence-corrected chi connectivity index (χ3v) is 5.44. The van der Waals surface area contributed by atoms with Crippen molar-refractivity contribution >= 4 is 17.5 Å². The zero-order valence-electron chi connectivity index (χ0n) is 15.4. The van der Waals surface area contributed by atoms with Crippen LogP contribution in [0.5, 0.6) is 0 Å². The molecular formula is C21H22ClN3O2. The molecule has 27 heavy (non-hydrogen) atoms. The number of rotatable bonds is 6. The quantitative estimate of drug-likeness (QED) is 0.626. The summed E-state index contributed by atoms with van der Waals surface area (Å²) in [6, 6.07) is 11.6. The first-order chi connectivity index (χ1) is 13.0. The van der Waals surface area contributed by atoms with E-state index in [0.29, 0.717) is 35.5 Å². The van der Waals surface area contributed by atoms with Gasteiger partial charge in [0.2, 0.25) is 0 Å². The van der Waals surface area contributed by atoms with Crippen LogP contribution in [0.1, 0.15) is 46.7 Å². The van der Waals surface area contributed by atoms with Gasteiger partial charge in [0.15, 0.2) is 0 Å². The molecule has 0 spiro atoms. The number of amides is 1. The van der Waals surface area contributed by atoms with E-state index in [4.69, 9.17) is 16.0 Å². The predicted molar refractivity (Wildman–Crippen MR) is 104 cm³/mol. The Kier molecular flexibility index (Phi) is 4.79. The van der Waals surface area contributed by atoms with Crippen LogP contribution in [-0.4, -0.2) is 27.6 Å². The van der Waals surface area contributed by atoms with Gasteiger partial charge < -0.3 is 9.32 Å². The van der Waals surface area contributed by atoms with Crippen molar-refractivity contribution in [2.24, 2.45) is 5.92 Å². The molecule has 0 saturated heterocycles. The lowest BCUT2D eigenvalue weighted by Crippen LogP contribution is -2.25. The van der Waals surface area contributed by atoms with Crippen molar-refractivity contribution in [2.75, 3.05) is 7.05 Å². The largest absolute Gasteiger partial charge is 0.464 e. The summed E-state index contributed by atoms with van der Waals surface area (Å²) in [6.07, 6.45) is 4.53. The topological polar surface area (TPSA) is 51.3 Å². The van der Waals surface area contributed by atoms with Crippen LogP contribution >= 0.6 is 11.6 Å². The van der Waals surface area contributed by atoms with Crippen molar-refractivity contribution in [1.82, 2.24) is 14.7 Å². The number of furan rings is 1. The summed E-state index contributed by atoms with van der Waals surface area (Å²) in [5.41, 5.74) is 1.51. The van der Waals surface area contributed by atoms with E-state index < -0.39 is 0 Å². The lowest BCUT2D eigenvalue weighted by atomic mass is 10.2. The van der Waals surface area contributed by atoms with Crippen molar-refractivity contribution in [1.29, 1.82) is 0 Å². The molecule has 4 rings (SSSR count). The van der Waals surface area contributed by atoms with Gasteiger partial charge in [0.1, 0.15) is 11.5 Å². The second kappa shape index (κ2) is 7.24. The summed E-state index contributed by atoms with van der Waals surface area (Å²) in [5.74, 6) is 3.00. The van der Waals surface area contributed by atoms with Crippen LogP contribution < -0.4 is 0 Å². The number of carbonyl (C=O) groups excluding carboxylic acids is 1. The van der Waals surface area contributed by atoms with Crippen LogP contribution in [0, 0.1) is 5.92 Å². The second-order valence-electron chi connectivity index (χ2n) is 7.30. The fourth-order valence-corrected chi connectivity index (χ4v) is 3.48. The molecular weight excluding hydrogens is 362 g/mol. The molecule has 1 amide bonds. The van der Waals surface area contributed by atoms with E-state index in [1.165, 1.54) is 6.42 Å². The zero-order valence-corrected chi connectivity index (χ0v) is 16.2. The fraction of sp³-hybridized carbons (Fsp3) is 0.333. The molecule has 3 aromatic rings. The van der Waals surface area contributed by atoms with E-state index in [2.05, 4.69) is 12.0 Å². The van der Waals surface area contributed by atoms with E-state index in [0.717, 1.165) is 17.1 Å². The van der Waals surface area contributed by atoms with Crippen LogP contribution in [0.2, 0.25) is 5.02 Å². The summed E-state index contributed by atoms with van der Waals surface area (Å²) in [6.45, 7) is 3.19. The predicted octanol–water partition coefficient (Wildman–Crippen LogP) is 4.57. The van der Waals surface area contributed by atoms with Gasteiger partial charge >= 0.3 is 0 Å². The van der Waals surface area contributed by atoms with Crippen LogP contribution in [0.25, 0.3) is 0 Å². The molecule has 0 N–H and O–H groups in total. The minimum atomic E-state index is -0.0850. The maximum atomic E-state index is 12.7. The van der Waals surface area contributed by atoms with Crippen LogP contribution in [0.3, 0.4) is 0 Å². The number of aromatic nitrogens is 2. The molecule has 1 aliphatic carbocycles. The maximum absolute atomic E-state index is 12.7. The Morgan fingerprint density at radius 3 is 2.85 bits per heavy atom. The highest BCUT2D eigenvalue weighted by Gasteiger charge is 2.36. The molecule has 2 heterocycles. The molecule has 1 saturated carbocycles. The molecule has 0 unspecified atom stereocenters. The minimum Gasteiger partial charge on any atom is -0.464 e. The van der Waals surface area contributed by atoms with Crippen LogP contribution in [0.15, 0.2) is 53.2 Å². The average molecular weight is 384 g/mol. The normalized spacial score (nSPS) is 18.5. The monoisotopic (exact) mass is 383 g/mol. The number of hydrogen-bond acceptors (Lipinski definition) is 3. The molecule has 1 aromatic carbocycles. The number of carbonyl (C=O) groups is 1. The molecule has 140 valence electrons. The summed E-state index contributed by atoms with van der Waals surface area (Å²) < 4.78 is 7.63.